The minimum absolute atomic E-state index is 0.116. The van der Waals surface area contributed by atoms with Gasteiger partial charge in [0.2, 0.25) is 0 Å². The lowest BCUT2D eigenvalue weighted by atomic mass is 9.85. The molecule has 1 aromatic rings. The van der Waals surface area contributed by atoms with Crippen LogP contribution in [0, 0.1) is 22.0 Å². The number of amides is 1. The number of benzene rings is 1. The number of nitro groups is 1. The summed E-state index contributed by atoms with van der Waals surface area (Å²) in [5.74, 6) is 1.15. The van der Waals surface area contributed by atoms with Gasteiger partial charge in [-0.15, -0.1) is 0 Å². The zero-order valence-corrected chi connectivity index (χ0v) is 26.1. The monoisotopic (exact) mass is 588 g/mol. The summed E-state index contributed by atoms with van der Waals surface area (Å²) in [6.07, 6.45) is 8.77. The van der Waals surface area contributed by atoms with Crippen LogP contribution < -0.4 is 5.32 Å². The van der Waals surface area contributed by atoms with Crippen molar-refractivity contribution < 1.29 is 23.9 Å². The minimum Gasteiger partial charge on any atom is -0.444 e. The number of methoxy groups -OCH3 is 1. The van der Waals surface area contributed by atoms with Crippen molar-refractivity contribution >= 4 is 11.9 Å². The molecule has 42 heavy (non-hydrogen) atoms. The predicted molar refractivity (Wildman–Crippen MR) is 164 cm³/mol. The fourth-order valence-electron chi connectivity index (χ4n) is 6.11. The van der Waals surface area contributed by atoms with Crippen LogP contribution in [0.15, 0.2) is 35.3 Å². The van der Waals surface area contributed by atoms with Gasteiger partial charge in [-0.2, -0.15) is 0 Å². The van der Waals surface area contributed by atoms with E-state index in [1.807, 2.05) is 39.0 Å². The number of piperidine rings is 1. The molecule has 1 aliphatic heterocycles. The maximum absolute atomic E-state index is 12.5. The molecule has 2 unspecified atom stereocenters. The highest BCUT2D eigenvalue weighted by Crippen LogP contribution is 2.34. The zero-order chi connectivity index (χ0) is 30.4. The van der Waals surface area contributed by atoms with Crippen LogP contribution in [0.1, 0.15) is 90.2 Å². The number of hydrogen-bond acceptors (Lipinski definition) is 7. The number of aliphatic imine (C=N–C) groups is 1. The molecule has 0 aromatic heterocycles. The van der Waals surface area contributed by atoms with Crippen molar-refractivity contribution in [2.75, 3.05) is 46.5 Å². The second-order valence-electron chi connectivity index (χ2n) is 12.7. The first-order valence-corrected chi connectivity index (χ1v) is 15.7. The van der Waals surface area contributed by atoms with Crippen molar-refractivity contribution in [3.63, 3.8) is 0 Å². The molecule has 10 heteroatoms. The molecular weight excluding hydrogens is 536 g/mol. The predicted octanol–water partition coefficient (Wildman–Crippen LogP) is 6.03. The minimum atomic E-state index is -0.604. The number of nitrogens with one attached hydrogen (secondary N) is 1. The van der Waals surface area contributed by atoms with E-state index >= 15 is 0 Å². The van der Waals surface area contributed by atoms with Gasteiger partial charge < -0.3 is 24.4 Å². The SMILES string of the molecule is COCCCO[C@H](c1ccccc1)C1CCCN(C(C[N+](=O)[O-])=NC(CNC(=O)OC(C)(C)C)CC2CCCCC2)C1. The molecule has 1 heterocycles. The lowest BCUT2D eigenvalue weighted by Crippen LogP contribution is -2.46. The van der Waals surface area contributed by atoms with E-state index in [0.29, 0.717) is 44.6 Å². The summed E-state index contributed by atoms with van der Waals surface area (Å²) in [6, 6.07) is 9.97. The van der Waals surface area contributed by atoms with Gasteiger partial charge in [0, 0.05) is 50.8 Å². The number of rotatable bonds is 14. The van der Waals surface area contributed by atoms with Gasteiger partial charge in [-0.3, -0.25) is 15.1 Å². The highest BCUT2D eigenvalue weighted by molar-refractivity contribution is 5.83. The number of likely N-dealkylation sites (tertiary alicyclic amines) is 1. The van der Waals surface area contributed by atoms with Crippen LogP contribution in [0.4, 0.5) is 4.79 Å². The first kappa shape index (κ1) is 33.8. The maximum Gasteiger partial charge on any atom is 0.407 e. The van der Waals surface area contributed by atoms with E-state index in [-0.39, 0.29) is 29.5 Å². The van der Waals surface area contributed by atoms with Crippen molar-refractivity contribution in [1.29, 1.82) is 0 Å². The van der Waals surface area contributed by atoms with Gasteiger partial charge in [-0.1, -0.05) is 62.4 Å². The molecule has 0 radical (unpaired) electrons. The van der Waals surface area contributed by atoms with Gasteiger partial charge >= 0.3 is 6.09 Å². The van der Waals surface area contributed by atoms with Crippen molar-refractivity contribution in [3.05, 3.63) is 46.0 Å². The molecular formula is C32H52N4O6. The molecule has 1 aromatic carbocycles. The molecule has 1 amide bonds. The van der Waals surface area contributed by atoms with Crippen molar-refractivity contribution in [2.24, 2.45) is 16.8 Å². The van der Waals surface area contributed by atoms with E-state index < -0.39 is 11.7 Å². The quantitative estimate of drug-likeness (QED) is 0.0927. The summed E-state index contributed by atoms with van der Waals surface area (Å²) in [6.45, 7) is 8.00. The van der Waals surface area contributed by atoms with E-state index in [4.69, 9.17) is 19.2 Å². The summed E-state index contributed by atoms with van der Waals surface area (Å²) >= 11 is 0. The number of nitrogens with zero attached hydrogens (tertiary/aromatic N) is 3. The van der Waals surface area contributed by atoms with Gasteiger partial charge in [-0.25, -0.2) is 4.79 Å². The van der Waals surface area contributed by atoms with E-state index in [1.54, 1.807) is 7.11 Å². The molecule has 1 saturated carbocycles. The van der Waals surface area contributed by atoms with Crippen LogP contribution in [-0.2, 0) is 14.2 Å². The Morgan fingerprint density at radius 2 is 1.86 bits per heavy atom. The van der Waals surface area contributed by atoms with Crippen molar-refractivity contribution in [2.45, 2.75) is 96.3 Å². The first-order chi connectivity index (χ1) is 20.1. The Bertz CT molecular complexity index is 977. The van der Waals surface area contributed by atoms with Crippen molar-refractivity contribution in [1.82, 2.24) is 10.2 Å². The largest absolute Gasteiger partial charge is 0.444 e. The Hall–Kier alpha value is -2.72. The Kier molecular flexibility index (Phi) is 14.0. The summed E-state index contributed by atoms with van der Waals surface area (Å²) in [5.41, 5.74) is 0.512. The van der Waals surface area contributed by atoms with E-state index in [2.05, 4.69) is 22.3 Å². The van der Waals surface area contributed by atoms with Crippen LogP contribution >= 0.6 is 0 Å². The molecule has 10 nitrogen and oxygen atoms in total. The van der Waals surface area contributed by atoms with Gasteiger partial charge in [0.05, 0.1) is 12.1 Å². The molecule has 0 bridgehead atoms. The Balaban J connectivity index is 1.80. The van der Waals surface area contributed by atoms with Crippen LogP contribution in [0.2, 0.25) is 0 Å². The van der Waals surface area contributed by atoms with E-state index in [1.165, 1.54) is 19.3 Å². The summed E-state index contributed by atoms with van der Waals surface area (Å²) in [7, 11) is 1.69. The number of carbonyl (C=O) groups is 1. The fraction of sp³-hybridized carbons (Fsp3) is 0.750. The number of alkyl carbamates (subject to hydrolysis) is 1. The Morgan fingerprint density at radius 1 is 1.12 bits per heavy atom. The van der Waals surface area contributed by atoms with Gasteiger partial charge in [0.15, 0.2) is 5.84 Å². The molecule has 2 aliphatic rings. The molecule has 3 atom stereocenters. The van der Waals surface area contributed by atoms with Crippen LogP contribution in [0.3, 0.4) is 0 Å². The van der Waals surface area contributed by atoms with Gasteiger partial charge in [0.1, 0.15) is 5.60 Å². The average molecular weight is 589 g/mol. The molecule has 0 spiro atoms. The normalized spacial score (nSPS) is 20.1. The highest BCUT2D eigenvalue weighted by atomic mass is 16.6. The Morgan fingerprint density at radius 3 is 2.52 bits per heavy atom. The number of hydrogen-bond donors (Lipinski definition) is 1. The third-order valence-electron chi connectivity index (χ3n) is 7.98. The summed E-state index contributed by atoms with van der Waals surface area (Å²) in [4.78, 5) is 31.2. The summed E-state index contributed by atoms with van der Waals surface area (Å²) < 4.78 is 17.1. The lowest BCUT2D eigenvalue weighted by Gasteiger charge is -2.38. The number of carbonyl (C=O) groups excluding carboxylic acids is 1. The number of ether oxygens (including phenoxy) is 3. The topological polar surface area (TPSA) is 116 Å². The second kappa shape index (κ2) is 17.4. The van der Waals surface area contributed by atoms with Crippen LogP contribution in [0.25, 0.3) is 0 Å². The molecule has 2 fully saturated rings. The Labute approximate surface area is 251 Å². The lowest BCUT2D eigenvalue weighted by molar-refractivity contribution is -0.464. The zero-order valence-electron chi connectivity index (χ0n) is 26.1. The maximum atomic E-state index is 12.5. The molecule has 3 rings (SSSR count). The van der Waals surface area contributed by atoms with E-state index in [9.17, 15) is 14.9 Å². The third-order valence-corrected chi connectivity index (χ3v) is 7.98. The molecule has 1 saturated heterocycles. The van der Waals surface area contributed by atoms with Gasteiger partial charge in [-0.05, 0) is 57.9 Å². The average Bonchev–Trinajstić information content (AvgIpc) is 2.95. The van der Waals surface area contributed by atoms with Gasteiger partial charge in [0.25, 0.3) is 6.54 Å². The smallest absolute Gasteiger partial charge is 0.407 e. The van der Waals surface area contributed by atoms with Crippen LogP contribution in [-0.4, -0.2) is 79.9 Å². The summed E-state index contributed by atoms with van der Waals surface area (Å²) in [5, 5.41) is 14.7. The van der Waals surface area contributed by atoms with Crippen LogP contribution in [0.5, 0.6) is 0 Å². The number of amidine groups is 1. The highest BCUT2D eigenvalue weighted by Gasteiger charge is 2.32. The molecule has 1 N–H and O–H groups in total. The molecule has 1 aliphatic carbocycles. The second-order valence-corrected chi connectivity index (χ2v) is 12.7. The van der Waals surface area contributed by atoms with Crippen molar-refractivity contribution in [3.8, 4) is 0 Å². The fourth-order valence-corrected chi connectivity index (χ4v) is 6.11. The third kappa shape index (κ3) is 12.3. The first-order valence-electron chi connectivity index (χ1n) is 15.7. The van der Waals surface area contributed by atoms with E-state index in [0.717, 1.165) is 44.1 Å². The standard InChI is InChI=1S/C32H52N4O6/c1-32(2,3)42-31(37)33-22-28(21-25-13-7-5-8-14-25)34-29(24-36(38)39)35-18-11-17-27(23-35)30(41-20-12-19-40-4)26-15-9-6-10-16-26/h6,9-10,15-16,25,27-28,30H,5,7-8,11-14,17-24H2,1-4H3,(H,33,37)/t27?,28?,30-/m1/s1. The molecule has 236 valence electrons.